The second-order valence-corrected chi connectivity index (χ2v) is 8.17. The minimum absolute atomic E-state index is 0.114. The molecule has 7 heteroatoms. The summed E-state index contributed by atoms with van der Waals surface area (Å²) in [6, 6.07) is 12.7. The topological polar surface area (TPSA) is 79.0 Å². The van der Waals surface area contributed by atoms with Gasteiger partial charge in [0.15, 0.2) is 0 Å². The Morgan fingerprint density at radius 2 is 1.84 bits per heavy atom. The minimum Gasteiger partial charge on any atom is -0.331 e. The summed E-state index contributed by atoms with van der Waals surface area (Å²) in [5, 5.41) is 1.79. The van der Waals surface area contributed by atoms with E-state index in [-0.39, 0.29) is 18.0 Å². The van der Waals surface area contributed by atoms with Crippen molar-refractivity contribution in [3.63, 3.8) is 0 Å². The van der Waals surface area contributed by atoms with Crippen LogP contribution in [-0.2, 0) is 6.54 Å². The monoisotopic (exact) mass is 434 g/mol. The molecule has 0 aliphatic rings. The molecule has 1 N–H and O–H groups in total. The fourth-order valence-corrected chi connectivity index (χ4v) is 3.92. The van der Waals surface area contributed by atoms with E-state index < -0.39 is 0 Å². The Bertz CT molecular complexity index is 1360. The Hall–Kier alpha value is -3.25. The number of hydrogen-bond acceptors (Lipinski definition) is 4. The van der Waals surface area contributed by atoms with E-state index in [1.54, 1.807) is 23.1 Å². The summed E-state index contributed by atoms with van der Waals surface area (Å²) in [6.45, 7) is 6.61. The van der Waals surface area contributed by atoms with Crippen LogP contribution in [0, 0.1) is 13.8 Å². The number of nitrogens with zero attached hydrogens (tertiary/aromatic N) is 3. The second-order valence-electron chi connectivity index (χ2n) is 7.73. The van der Waals surface area contributed by atoms with Crippen molar-refractivity contribution in [2.24, 2.45) is 0 Å². The number of rotatable bonds is 5. The van der Waals surface area contributed by atoms with Gasteiger partial charge in [0.1, 0.15) is 5.82 Å². The fraction of sp³-hybridized carbons (Fsp3) is 0.250. The van der Waals surface area contributed by atoms with E-state index in [2.05, 4.69) is 15.0 Å². The largest absolute Gasteiger partial charge is 0.331 e. The van der Waals surface area contributed by atoms with E-state index in [1.165, 1.54) is 0 Å². The van der Waals surface area contributed by atoms with Crippen LogP contribution in [-0.4, -0.2) is 32.3 Å². The van der Waals surface area contributed by atoms with Gasteiger partial charge in [-0.05, 0) is 56.7 Å². The van der Waals surface area contributed by atoms with E-state index >= 15 is 0 Å². The average Bonchev–Trinajstić information content (AvgIpc) is 2.72. The number of carbonyl (C=O) groups is 1. The zero-order valence-electron chi connectivity index (χ0n) is 17.7. The summed E-state index contributed by atoms with van der Waals surface area (Å²) in [6.07, 6.45) is 0.774. The number of aryl methyl sites for hydroxylation is 2. The van der Waals surface area contributed by atoms with Gasteiger partial charge in [0.05, 0.1) is 28.5 Å². The molecule has 2 aromatic heterocycles. The van der Waals surface area contributed by atoms with Crippen LogP contribution in [0.1, 0.15) is 40.8 Å². The van der Waals surface area contributed by atoms with Crippen LogP contribution in [0.4, 0.5) is 0 Å². The molecule has 0 aliphatic heterocycles. The Labute approximate surface area is 184 Å². The molecule has 4 rings (SSSR count). The van der Waals surface area contributed by atoms with E-state index in [9.17, 15) is 9.59 Å². The summed E-state index contributed by atoms with van der Waals surface area (Å²) in [4.78, 5) is 39.7. The van der Waals surface area contributed by atoms with Crippen LogP contribution >= 0.6 is 11.6 Å². The van der Waals surface area contributed by atoms with Crippen molar-refractivity contribution in [3.8, 4) is 0 Å². The second kappa shape index (κ2) is 8.47. The average molecular weight is 435 g/mol. The normalized spacial score (nSPS) is 11.2. The van der Waals surface area contributed by atoms with Crippen LogP contribution in [0.5, 0.6) is 0 Å². The lowest BCUT2D eigenvalue weighted by molar-refractivity contribution is 0.0740. The lowest BCUT2D eigenvalue weighted by Gasteiger charge is -2.23. The molecule has 2 heterocycles. The van der Waals surface area contributed by atoms with E-state index in [0.717, 1.165) is 28.6 Å². The number of aromatic nitrogens is 3. The Morgan fingerprint density at radius 3 is 2.61 bits per heavy atom. The molecule has 0 radical (unpaired) electrons. The number of amides is 1. The molecule has 1 amide bonds. The minimum atomic E-state index is -0.249. The number of H-pyrrole nitrogens is 1. The Balaban J connectivity index is 1.76. The quantitative estimate of drug-likeness (QED) is 0.489. The number of nitrogens with one attached hydrogen (secondary N) is 1. The Kier molecular flexibility index (Phi) is 5.74. The van der Waals surface area contributed by atoms with Gasteiger partial charge in [0, 0.05) is 22.6 Å². The predicted molar refractivity (Wildman–Crippen MR) is 124 cm³/mol. The molecular formula is C24H23ClN4O2. The number of hydrogen-bond donors (Lipinski definition) is 1. The maximum absolute atomic E-state index is 13.6. The van der Waals surface area contributed by atoms with Crippen LogP contribution in [0.3, 0.4) is 0 Å². The number of carbonyl (C=O) groups excluding carboxylic acids is 1. The third kappa shape index (κ3) is 4.30. The first-order valence-electron chi connectivity index (χ1n) is 10.2. The summed E-state index contributed by atoms with van der Waals surface area (Å²) >= 11 is 6.07. The van der Waals surface area contributed by atoms with Crippen LogP contribution in [0.25, 0.3) is 21.8 Å². The van der Waals surface area contributed by atoms with Crippen molar-refractivity contribution in [1.29, 1.82) is 0 Å². The highest BCUT2D eigenvalue weighted by molar-refractivity contribution is 6.31. The Morgan fingerprint density at radius 1 is 1.03 bits per heavy atom. The molecule has 0 aliphatic carbocycles. The number of benzene rings is 2. The molecule has 0 fully saturated rings. The molecule has 4 aromatic rings. The zero-order chi connectivity index (χ0) is 22.1. The predicted octanol–water partition coefficient (Wildman–Crippen LogP) is 4.79. The molecule has 0 spiro atoms. The van der Waals surface area contributed by atoms with Gasteiger partial charge in [-0.1, -0.05) is 30.2 Å². The molecule has 0 bridgehead atoms. The third-order valence-electron chi connectivity index (χ3n) is 5.16. The summed E-state index contributed by atoms with van der Waals surface area (Å²) < 4.78 is 0. The number of aromatic amines is 1. The molecule has 158 valence electrons. The molecule has 0 unspecified atom stereocenters. The highest BCUT2D eigenvalue weighted by Gasteiger charge is 2.20. The number of halogens is 1. The van der Waals surface area contributed by atoms with Crippen LogP contribution in [0.15, 0.2) is 47.3 Å². The van der Waals surface area contributed by atoms with Gasteiger partial charge in [-0.25, -0.2) is 4.98 Å². The maximum Gasteiger partial charge on any atom is 0.258 e. The van der Waals surface area contributed by atoms with Gasteiger partial charge in [-0.15, -0.1) is 0 Å². The van der Waals surface area contributed by atoms with Crippen molar-refractivity contribution in [2.75, 3.05) is 6.54 Å². The van der Waals surface area contributed by atoms with E-state index in [1.807, 2.05) is 45.0 Å². The summed E-state index contributed by atoms with van der Waals surface area (Å²) in [5.74, 6) is 0.310. The van der Waals surface area contributed by atoms with Gasteiger partial charge in [-0.3, -0.25) is 14.6 Å². The van der Waals surface area contributed by atoms with Crippen molar-refractivity contribution in [3.05, 3.63) is 80.5 Å². The van der Waals surface area contributed by atoms with Crippen molar-refractivity contribution >= 4 is 39.3 Å². The molecule has 0 atom stereocenters. The van der Waals surface area contributed by atoms with Crippen LogP contribution in [0.2, 0.25) is 5.02 Å². The molecule has 0 saturated heterocycles. The first kappa shape index (κ1) is 21.0. The van der Waals surface area contributed by atoms with E-state index in [4.69, 9.17) is 11.6 Å². The van der Waals surface area contributed by atoms with E-state index in [0.29, 0.717) is 33.9 Å². The lowest BCUT2D eigenvalue weighted by atomic mass is 10.0. The molecule has 2 aromatic carbocycles. The smallest absolute Gasteiger partial charge is 0.258 e. The van der Waals surface area contributed by atoms with Gasteiger partial charge >= 0.3 is 0 Å². The zero-order valence-corrected chi connectivity index (χ0v) is 18.5. The maximum atomic E-state index is 13.6. The van der Waals surface area contributed by atoms with Gasteiger partial charge < -0.3 is 9.88 Å². The summed E-state index contributed by atoms with van der Waals surface area (Å²) in [5.41, 5.74) is 3.50. The summed E-state index contributed by atoms with van der Waals surface area (Å²) in [7, 11) is 0. The molecule has 0 saturated carbocycles. The van der Waals surface area contributed by atoms with Gasteiger partial charge in [0.2, 0.25) is 0 Å². The van der Waals surface area contributed by atoms with Gasteiger partial charge in [0.25, 0.3) is 11.5 Å². The molecule has 6 nitrogen and oxygen atoms in total. The van der Waals surface area contributed by atoms with Crippen molar-refractivity contribution in [1.82, 2.24) is 19.9 Å². The van der Waals surface area contributed by atoms with Gasteiger partial charge in [-0.2, -0.15) is 0 Å². The fourth-order valence-electron chi connectivity index (χ4n) is 3.76. The molecular weight excluding hydrogens is 412 g/mol. The highest BCUT2D eigenvalue weighted by Crippen LogP contribution is 2.22. The number of fused-ring (bicyclic) bond motifs is 2. The van der Waals surface area contributed by atoms with Crippen molar-refractivity contribution in [2.45, 2.75) is 33.7 Å². The number of pyridine rings is 1. The van der Waals surface area contributed by atoms with Crippen LogP contribution < -0.4 is 5.56 Å². The standard InChI is InChI=1S/C24H23ClN4O2/c1-4-9-29(13-22-27-21-12-16(25)6-7-17(21)23(30)28-22)24(31)19-11-15(3)26-20-8-5-14(2)10-18(19)20/h5-8,10-12H,4,9,13H2,1-3H3,(H,27,28,30). The lowest BCUT2D eigenvalue weighted by Crippen LogP contribution is -2.33. The third-order valence-corrected chi connectivity index (χ3v) is 5.40. The first-order chi connectivity index (χ1) is 14.9. The molecule has 31 heavy (non-hydrogen) atoms. The first-order valence-corrected chi connectivity index (χ1v) is 10.6. The SMILES string of the molecule is CCCN(Cc1nc2cc(Cl)ccc2c(=O)[nH]1)C(=O)c1cc(C)nc2ccc(C)cc12. The highest BCUT2D eigenvalue weighted by atomic mass is 35.5. The van der Waals surface area contributed by atoms with Crippen molar-refractivity contribution < 1.29 is 4.79 Å².